The number of halogens is 1. The van der Waals surface area contributed by atoms with Crippen LogP contribution in [0.3, 0.4) is 0 Å². The third-order valence-corrected chi connectivity index (χ3v) is 4.75. The lowest BCUT2D eigenvalue weighted by molar-refractivity contribution is 0.101. The van der Waals surface area contributed by atoms with Gasteiger partial charge >= 0.3 is 0 Å². The number of fused-ring (bicyclic) bond motifs is 3. The molecule has 0 atom stereocenters. The van der Waals surface area contributed by atoms with E-state index in [2.05, 4.69) is 0 Å². The first-order valence-corrected chi connectivity index (χ1v) is 9.56. The Labute approximate surface area is 168 Å². The molecule has 0 aliphatic heterocycles. The molecule has 4 aromatic rings. The molecular formula is C24H21ClO3. The van der Waals surface area contributed by atoms with Crippen LogP contribution in [0.15, 0.2) is 59.0 Å². The molecule has 0 aliphatic carbocycles. The van der Waals surface area contributed by atoms with E-state index in [4.69, 9.17) is 20.8 Å². The second-order valence-electron chi connectivity index (χ2n) is 7.88. The van der Waals surface area contributed by atoms with Crippen molar-refractivity contribution in [3.63, 3.8) is 0 Å². The van der Waals surface area contributed by atoms with Gasteiger partial charge in [-0.3, -0.25) is 4.79 Å². The molecule has 0 aliphatic rings. The number of carbonyl (C=O) groups excluding carboxylic acids is 1. The zero-order valence-electron chi connectivity index (χ0n) is 16.3. The zero-order chi connectivity index (χ0) is 20.1. The number of ketones is 1. The van der Waals surface area contributed by atoms with Gasteiger partial charge in [-0.05, 0) is 57.5 Å². The molecule has 0 saturated heterocycles. The molecule has 3 nitrogen and oxygen atoms in total. The van der Waals surface area contributed by atoms with Crippen LogP contribution >= 0.6 is 11.6 Å². The van der Waals surface area contributed by atoms with Crippen LogP contribution in [0.2, 0.25) is 5.02 Å². The van der Waals surface area contributed by atoms with E-state index in [1.54, 1.807) is 13.0 Å². The van der Waals surface area contributed by atoms with E-state index in [1.165, 1.54) is 0 Å². The van der Waals surface area contributed by atoms with Gasteiger partial charge in [0.05, 0.1) is 5.56 Å². The Balaban J connectivity index is 2.18. The fraction of sp³-hybridized carbons (Fsp3) is 0.208. The van der Waals surface area contributed by atoms with Crippen molar-refractivity contribution in [1.82, 2.24) is 0 Å². The van der Waals surface area contributed by atoms with Crippen molar-refractivity contribution in [3.8, 4) is 16.9 Å². The van der Waals surface area contributed by atoms with E-state index in [0.717, 1.165) is 21.9 Å². The monoisotopic (exact) mass is 392 g/mol. The minimum absolute atomic E-state index is 0.0756. The summed E-state index contributed by atoms with van der Waals surface area (Å²) in [4.78, 5) is 12.8. The van der Waals surface area contributed by atoms with Gasteiger partial charge in [0.2, 0.25) is 0 Å². The molecule has 0 unspecified atom stereocenters. The maximum Gasteiger partial charge on any atom is 0.164 e. The highest BCUT2D eigenvalue weighted by atomic mass is 35.5. The summed E-state index contributed by atoms with van der Waals surface area (Å²) < 4.78 is 12.4. The molecule has 0 N–H and O–H groups in total. The van der Waals surface area contributed by atoms with Crippen molar-refractivity contribution in [1.29, 1.82) is 0 Å². The minimum Gasteiger partial charge on any atom is -0.487 e. The van der Waals surface area contributed by atoms with Crippen molar-refractivity contribution in [2.24, 2.45) is 0 Å². The number of rotatable bonds is 3. The van der Waals surface area contributed by atoms with Crippen LogP contribution in [0.1, 0.15) is 38.1 Å². The second-order valence-corrected chi connectivity index (χ2v) is 8.32. The summed E-state index contributed by atoms with van der Waals surface area (Å²) in [5.41, 5.74) is 3.00. The van der Waals surface area contributed by atoms with Crippen molar-refractivity contribution in [3.05, 3.63) is 65.2 Å². The molecule has 0 spiro atoms. The summed E-state index contributed by atoms with van der Waals surface area (Å²) in [5.74, 6) is 0.576. The maximum absolute atomic E-state index is 12.8. The van der Waals surface area contributed by atoms with Crippen LogP contribution < -0.4 is 4.74 Å². The highest BCUT2D eigenvalue weighted by Crippen LogP contribution is 2.44. The molecule has 3 aromatic carbocycles. The van der Waals surface area contributed by atoms with Crippen LogP contribution in [0.5, 0.6) is 5.75 Å². The Bertz CT molecular complexity index is 1200. The Morgan fingerprint density at radius 1 is 1.00 bits per heavy atom. The SMILES string of the molecule is CC(=O)c1c(-c2ccccc2)c(OC(C)(C)C)cc2c1oc1ccc(Cl)cc12. The first-order chi connectivity index (χ1) is 13.2. The van der Waals surface area contributed by atoms with E-state index in [9.17, 15) is 4.79 Å². The highest BCUT2D eigenvalue weighted by molar-refractivity contribution is 6.32. The van der Waals surface area contributed by atoms with E-state index in [1.807, 2.05) is 69.3 Å². The van der Waals surface area contributed by atoms with Gasteiger partial charge in [0.25, 0.3) is 0 Å². The lowest BCUT2D eigenvalue weighted by Crippen LogP contribution is -2.23. The molecule has 0 saturated carbocycles. The Hall–Kier alpha value is -2.78. The summed E-state index contributed by atoms with van der Waals surface area (Å²) in [6, 6.07) is 17.2. The van der Waals surface area contributed by atoms with E-state index in [-0.39, 0.29) is 5.78 Å². The summed E-state index contributed by atoms with van der Waals surface area (Å²) in [7, 11) is 0. The average Bonchev–Trinajstić information content (AvgIpc) is 2.97. The quantitative estimate of drug-likeness (QED) is 0.344. The molecule has 1 heterocycles. The van der Waals surface area contributed by atoms with Gasteiger partial charge in [-0.1, -0.05) is 41.9 Å². The lowest BCUT2D eigenvalue weighted by Gasteiger charge is -2.24. The number of hydrogen-bond donors (Lipinski definition) is 0. The number of ether oxygens (including phenoxy) is 1. The smallest absolute Gasteiger partial charge is 0.164 e. The Kier molecular flexibility index (Phi) is 4.43. The molecular weight excluding hydrogens is 372 g/mol. The Morgan fingerprint density at radius 2 is 1.71 bits per heavy atom. The number of furan rings is 1. The second kappa shape index (κ2) is 6.68. The molecule has 4 rings (SSSR count). The number of benzene rings is 3. The number of Topliss-reactive ketones (excluding diaryl/α,β-unsaturated/α-hetero) is 1. The molecule has 1 aromatic heterocycles. The molecule has 0 radical (unpaired) electrons. The van der Waals surface area contributed by atoms with Crippen molar-refractivity contribution >= 4 is 39.3 Å². The molecule has 142 valence electrons. The third-order valence-electron chi connectivity index (χ3n) is 4.52. The molecule has 0 bridgehead atoms. The Morgan fingerprint density at radius 3 is 2.36 bits per heavy atom. The van der Waals surface area contributed by atoms with Crippen molar-refractivity contribution in [2.75, 3.05) is 0 Å². The third kappa shape index (κ3) is 3.27. The zero-order valence-corrected chi connectivity index (χ0v) is 17.1. The largest absolute Gasteiger partial charge is 0.487 e. The van der Waals surface area contributed by atoms with E-state index in [0.29, 0.717) is 27.5 Å². The van der Waals surface area contributed by atoms with Gasteiger partial charge in [0.1, 0.15) is 22.5 Å². The van der Waals surface area contributed by atoms with Crippen molar-refractivity contribution < 1.29 is 13.9 Å². The lowest BCUT2D eigenvalue weighted by atomic mass is 9.93. The van der Waals surface area contributed by atoms with Crippen LogP contribution in [-0.4, -0.2) is 11.4 Å². The summed E-state index contributed by atoms with van der Waals surface area (Å²) in [6.45, 7) is 7.53. The predicted octanol–water partition coefficient (Wildman–Crippen LogP) is 7.29. The normalized spacial score (nSPS) is 11.9. The molecule has 0 fully saturated rings. The van der Waals surface area contributed by atoms with Gasteiger partial charge < -0.3 is 9.15 Å². The maximum atomic E-state index is 12.8. The fourth-order valence-corrected chi connectivity index (χ4v) is 3.67. The van der Waals surface area contributed by atoms with Gasteiger partial charge in [0.15, 0.2) is 5.78 Å². The van der Waals surface area contributed by atoms with E-state index < -0.39 is 5.60 Å². The minimum atomic E-state index is -0.428. The molecule has 4 heteroatoms. The summed E-state index contributed by atoms with van der Waals surface area (Å²) in [6.07, 6.45) is 0. The average molecular weight is 393 g/mol. The fourth-order valence-electron chi connectivity index (χ4n) is 3.50. The van der Waals surface area contributed by atoms with Crippen LogP contribution in [0, 0.1) is 0 Å². The van der Waals surface area contributed by atoms with Gasteiger partial charge in [-0.25, -0.2) is 0 Å². The number of carbonyl (C=O) groups is 1. The van der Waals surface area contributed by atoms with Gasteiger partial charge in [-0.15, -0.1) is 0 Å². The van der Waals surface area contributed by atoms with Crippen LogP contribution in [0.4, 0.5) is 0 Å². The van der Waals surface area contributed by atoms with Crippen LogP contribution in [0.25, 0.3) is 33.1 Å². The number of hydrogen-bond acceptors (Lipinski definition) is 3. The van der Waals surface area contributed by atoms with Crippen molar-refractivity contribution in [2.45, 2.75) is 33.3 Å². The highest BCUT2D eigenvalue weighted by Gasteiger charge is 2.26. The predicted molar refractivity (Wildman–Crippen MR) is 115 cm³/mol. The molecule has 0 amide bonds. The summed E-state index contributed by atoms with van der Waals surface area (Å²) >= 11 is 6.21. The van der Waals surface area contributed by atoms with Gasteiger partial charge in [-0.2, -0.15) is 0 Å². The summed E-state index contributed by atoms with van der Waals surface area (Å²) in [5, 5.41) is 2.30. The standard InChI is InChI=1S/C24H21ClO3/c1-14(26)21-22(15-8-6-5-7-9-15)20(28-24(2,3)4)13-18-17-12-16(25)10-11-19(17)27-23(18)21/h5-13H,1-4H3. The first kappa shape index (κ1) is 18.6. The van der Waals surface area contributed by atoms with Crippen LogP contribution in [-0.2, 0) is 0 Å². The van der Waals surface area contributed by atoms with E-state index >= 15 is 0 Å². The topological polar surface area (TPSA) is 39.4 Å². The van der Waals surface area contributed by atoms with Gasteiger partial charge in [0, 0.05) is 21.4 Å². The first-order valence-electron chi connectivity index (χ1n) is 9.19. The molecule has 28 heavy (non-hydrogen) atoms.